The lowest BCUT2D eigenvalue weighted by Crippen LogP contribution is -2.19. The molecule has 0 radical (unpaired) electrons. The molecule has 0 spiro atoms. The van der Waals surface area contributed by atoms with E-state index in [2.05, 4.69) is 10.6 Å². The summed E-state index contributed by atoms with van der Waals surface area (Å²) < 4.78 is 25.5. The van der Waals surface area contributed by atoms with Crippen LogP contribution in [0.2, 0.25) is 10.0 Å². The van der Waals surface area contributed by atoms with Crippen molar-refractivity contribution in [2.24, 2.45) is 0 Å². The van der Waals surface area contributed by atoms with Crippen LogP contribution in [0, 0.1) is 6.92 Å². The van der Waals surface area contributed by atoms with Gasteiger partial charge in [-0.1, -0.05) is 47.5 Å². The average molecular weight is 449 g/mol. The minimum Gasteiger partial charge on any atom is -0.308 e. The average Bonchev–Trinajstić information content (AvgIpc) is 2.65. The van der Waals surface area contributed by atoms with Crippen LogP contribution in [-0.4, -0.2) is 14.4 Å². The van der Waals surface area contributed by atoms with Gasteiger partial charge in [-0.05, 0) is 60.5 Å². The normalized spacial score (nSPS) is 11.1. The van der Waals surface area contributed by atoms with Gasteiger partial charge in [-0.25, -0.2) is 13.2 Å². The van der Waals surface area contributed by atoms with Gasteiger partial charge in [-0.2, -0.15) is 0 Å². The fraction of sp³-hybridized carbons (Fsp3) is 0.0952. The van der Waals surface area contributed by atoms with E-state index < -0.39 is 15.9 Å². The number of nitrogens with one attached hydrogen (secondary N) is 2. The van der Waals surface area contributed by atoms with Crippen molar-refractivity contribution in [2.75, 3.05) is 10.6 Å². The highest BCUT2D eigenvalue weighted by Gasteiger charge is 2.17. The first-order chi connectivity index (χ1) is 13.7. The molecule has 150 valence electrons. The molecule has 29 heavy (non-hydrogen) atoms. The van der Waals surface area contributed by atoms with Crippen LogP contribution in [0.3, 0.4) is 0 Å². The maximum Gasteiger partial charge on any atom is 0.323 e. The summed E-state index contributed by atoms with van der Waals surface area (Å²) in [5, 5.41) is 6.02. The quantitative estimate of drug-likeness (QED) is 0.508. The minimum absolute atomic E-state index is 0.0944. The number of hydrogen-bond donors (Lipinski definition) is 2. The predicted octanol–water partition coefficient (Wildman–Crippen LogP) is 5.92. The molecule has 3 aromatic carbocycles. The van der Waals surface area contributed by atoms with Gasteiger partial charge < -0.3 is 10.6 Å². The Kier molecular flexibility index (Phi) is 6.47. The van der Waals surface area contributed by atoms with Crippen molar-refractivity contribution in [3.8, 4) is 0 Å². The number of carbonyl (C=O) groups is 1. The zero-order valence-electron chi connectivity index (χ0n) is 15.4. The van der Waals surface area contributed by atoms with Crippen LogP contribution >= 0.6 is 23.2 Å². The molecule has 2 N–H and O–H groups in total. The number of halogens is 2. The Hall–Kier alpha value is -2.54. The van der Waals surface area contributed by atoms with Crippen molar-refractivity contribution in [1.82, 2.24) is 0 Å². The first-order valence-electron chi connectivity index (χ1n) is 8.64. The van der Waals surface area contributed by atoms with Gasteiger partial charge in [-0.15, -0.1) is 0 Å². The number of anilines is 2. The lowest BCUT2D eigenvalue weighted by Gasteiger charge is -2.10. The molecule has 0 atom stereocenters. The zero-order valence-corrected chi connectivity index (χ0v) is 17.8. The van der Waals surface area contributed by atoms with Gasteiger partial charge in [0.15, 0.2) is 9.84 Å². The van der Waals surface area contributed by atoms with Gasteiger partial charge in [-0.3, -0.25) is 0 Å². The van der Waals surface area contributed by atoms with Gasteiger partial charge in [0.05, 0.1) is 20.7 Å². The Bertz CT molecular complexity index is 1160. The summed E-state index contributed by atoms with van der Waals surface area (Å²) in [7, 11) is -3.64. The smallest absolute Gasteiger partial charge is 0.308 e. The maximum atomic E-state index is 12.8. The van der Waals surface area contributed by atoms with E-state index >= 15 is 0 Å². The van der Waals surface area contributed by atoms with E-state index in [0.29, 0.717) is 27.0 Å². The molecular formula is C21H18Cl2N2O3S. The Morgan fingerprint density at radius 1 is 0.862 bits per heavy atom. The van der Waals surface area contributed by atoms with E-state index in [1.54, 1.807) is 30.3 Å². The second kappa shape index (κ2) is 8.86. The number of benzene rings is 3. The lowest BCUT2D eigenvalue weighted by atomic mass is 10.2. The number of amides is 2. The molecule has 8 heteroatoms. The second-order valence-electron chi connectivity index (χ2n) is 6.48. The molecule has 5 nitrogen and oxygen atoms in total. The van der Waals surface area contributed by atoms with Crippen LogP contribution in [0.15, 0.2) is 71.6 Å². The van der Waals surface area contributed by atoms with E-state index in [1.807, 2.05) is 25.1 Å². The first-order valence-corrected chi connectivity index (χ1v) is 11.1. The largest absolute Gasteiger partial charge is 0.323 e. The number of sulfone groups is 1. The van der Waals surface area contributed by atoms with E-state index in [0.717, 1.165) is 5.56 Å². The van der Waals surface area contributed by atoms with Gasteiger partial charge in [0.2, 0.25) is 0 Å². The molecule has 0 bridgehead atoms. The van der Waals surface area contributed by atoms with Gasteiger partial charge in [0, 0.05) is 11.4 Å². The Balaban J connectivity index is 1.74. The van der Waals surface area contributed by atoms with Crippen molar-refractivity contribution >= 4 is 50.4 Å². The fourth-order valence-electron chi connectivity index (χ4n) is 2.72. The minimum atomic E-state index is -3.64. The fourth-order valence-corrected chi connectivity index (χ4v) is 4.41. The second-order valence-corrected chi connectivity index (χ2v) is 9.29. The van der Waals surface area contributed by atoms with Crippen molar-refractivity contribution in [3.63, 3.8) is 0 Å². The maximum absolute atomic E-state index is 12.8. The topological polar surface area (TPSA) is 75.3 Å². The Labute approximate surface area is 179 Å². The highest BCUT2D eigenvalue weighted by atomic mass is 35.5. The van der Waals surface area contributed by atoms with Crippen molar-refractivity contribution < 1.29 is 13.2 Å². The molecule has 0 aliphatic carbocycles. The highest BCUT2D eigenvalue weighted by Crippen LogP contribution is 2.26. The van der Waals surface area contributed by atoms with Crippen molar-refractivity contribution in [3.05, 3.63) is 87.9 Å². The number of rotatable bonds is 5. The van der Waals surface area contributed by atoms with Crippen LogP contribution in [0.4, 0.5) is 16.2 Å². The molecule has 3 aromatic rings. The molecule has 0 aliphatic heterocycles. The number of aryl methyl sites for hydroxylation is 1. The summed E-state index contributed by atoms with van der Waals surface area (Å²) >= 11 is 11.8. The van der Waals surface area contributed by atoms with Crippen LogP contribution in [-0.2, 0) is 15.6 Å². The zero-order chi connectivity index (χ0) is 21.0. The summed E-state index contributed by atoms with van der Waals surface area (Å²) in [4.78, 5) is 12.3. The summed E-state index contributed by atoms with van der Waals surface area (Å²) in [6, 6.07) is 17.7. The third-order valence-electron chi connectivity index (χ3n) is 4.07. The molecule has 0 saturated heterocycles. The van der Waals surface area contributed by atoms with Crippen molar-refractivity contribution in [2.45, 2.75) is 17.6 Å². The molecular weight excluding hydrogens is 431 g/mol. The molecule has 0 saturated carbocycles. The van der Waals surface area contributed by atoms with Gasteiger partial charge in [0.25, 0.3) is 0 Å². The Morgan fingerprint density at radius 2 is 1.52 bits per heavy atom. The Morgan fingerprint density at radius 3 is 2.17 bits per heavy atom. The third-order valence-corrected chi connectivity index (χ3v) is 6.49. The predicted molar refractivity (Wildman–Crippen MR) is 118 cm³/mol. The summed E-state index contributed by atoms with van der Waals surface area (Å²) in [6.07, 6.45) is 0. The summed E-state index contributed by atoms with van der Waals surface area (Å²) in [5.74, 6) is -0.233. The monoisotopic (exact) mass is 448 g/mol. The SMILES string of the molecule is Cc1cccc(NC(=O)Nc2cccc(S(=O)(=O)Cc3ccc(Cl)c(Cl)c3)c2)c1. The van der Waals surface area contributed by atoms with E-state index in [4.69, 9.17) is 23.2 Å². The van der Waals surface area contributed by atoms with Gasteiger partial charge >= 0.3 is 6.03 Å². The van der Waals surface area contributed by atoms with Crippen molar-refractivity contribution in [1.29, 1.82) is 0 Å². The number of hydrogen-bond acceptors (Lipinski definition) is 3. The van der Waals surface area contributed by atoms with Crippen LogP contribution < -0.4 is 10.6 Å². The number of urea groups is 1. The lowest BCUT2D eigenvalue weighted by molar-refractivity contribution is 0.262. The van der Waals surface area contributed by atoms with Crippen LogP contribution in [0.25, 0.3) is 0 Å². The molecule has 0 unspecified atom stereocenters. The summed E-state index contributed by atoms with van der Waals surface area (Å²) in [5.41, 5.74) is 2.55. The van der Waals surface area contributed by atoms with Crippen LogP contribution in [0.5, 0.6) is 0 Å². The molecule has 2 amide bonds. The third kappa shape index (κ3) is 5.73. The highest BCUT2D eigenvalue weighted by molar-refractivity contribution is 7.90. The van der Waals surface area contributed by atoms with E-state index in [9.17, 15) is 13.2 Å². The molecule has 0 fully saturated rings. The molecule has 0 aliphatic rings. The van der Waals surface area contributed by atoms with E-state index in [-0.39, 0.29) is 10.6 Å². The number of carbonyl (C=O) groups excluding carboxylic acids is 1. The van der Waals surface area contributed by atoms with Crippen LogP contribution in [0.1, 0.15) is 11.1 Å². The van der Waals surface area contributed by atoms with Gasteiger partial charge in [0.1, 0.15) is 0 Å². The van der Waals surface area contributed by atoms with E-state index in [1.165, 1.54) is 18.2 Å². The molecule has 0 heterocycles. The molecule has 0 aromatic heterocycles. The first kappa shape index (κ1) is 21.2. The molecule has 3 rings (SSSR count). The standard InChI is InChI=1S/C21H18Cl2N2O3S/c1-14-4-2-5-16(10-14)24-21(26)25-17-6-3-7-18(12-17)29(27,28)13-15-8-9-19(22)20(23)11-15/h2-12H,13H2,1H3,(H2,24,25,26). The summed E-state index contributed by atoms with van der Waals surface area (Å²) in [6.45, 7) is 1.92.